The number of sulfonamides is 1. The molecule has 1 aromatic carbocycles. The molecule has 1 heterocycles. The molecule has 0 radical (unpaired) electrons. The van der Waals surface area contributed by atoms with Gasteiger partial charge < -0.3 is 0 Å². The Morgan fingerprint density at radius 3 is 2.42 bits per heavy atom. The lowest BCUT2D eigenvalue weighted by atomic mass is 10.2. The topological polar surface area (TPSA) is 37.4 Å². The molecule has 0 aliphatic rings. The summed E-state index contributed by atoms with van der Waals surface area (Å²) in [5, 5.41) is 0. The van der Waals surface area contributed by atoms with Gasteiger partial charge in [0.15, 0.2) is 0 Å². The Morgan fingerprint density at radius 1 is 1.21 bits per heavy atom. The number of thiophene rings is 1. The van der Waals surface area contributed by atoms with E-state index in [0.29, 0.717) is 10.8 Å². The fourth-order valence-electron chi connectivity index (χ4n) is 1.86. The van der Waals surface area contributed by atoms with Gasteiger partial charge in [0.2, 0.25) is 0 Å². The standard InChI is InChI=1S/C13H14BrNO2S2/c1-3-15(11-7-5-4-6-10(11)2)19(16,17)13-9-8-12(14)18-13/h4-9H,3H2,1-2H3. The molecule has 0 atom stereocenters. The van der Waals surface area contributed by atoms with Gasteiger partial charge in [0.1, 0.15) is 4.21 Å². The van der Waals surface area contributed by atoms with Gasteiger partial charge in [-0.1, -0.05) is 18.2 Å². The number of anilines is 1. The molecule has 2 rings (SSSR count). The van der Waals surface area contributed by atoms with Gasteiger partial charge in [-0.05, 0) is 53.5 Å². The van der Waals surface area contributed by atoms with Crippen molar-refractivity contribution in [2.45, 2.75) is 18.1 Å². The minimum atomic E-state index is -3.48. The van der Waals surface area contributed by atoms with Crippen LogP contribution in [0, 0.1) is 6.92 Å². The van der Waals surface area contributed by atoms with Crippen LogP contribution >= 0.6 is 27.3 Å². The van der Waals surface area contributed by atoms with Gasteiger partial charge in [-0.3, -0.25) is 4.31 Å². The number of hydrogen-bond acceptors (Lipinski definition) is 3. The van der Waals surface area contributed by atoms with Crippen molar-refractivity contribution in [3.05, 3.63) is 45.7 Å². The molecule has 3 nitrogen and oxygen atoms in total. The van der Waals surface area contributed by atoms with Crippen LogP contribution in [0.5, 0.6) is 0 Å². The lowest BCUT2D eigenvalue weighted by Gasteiger charge is -2.23. The molecule has 2 aromatic rings. The van der Waals surface area contributed by atoms with Crippen LogP contribution in [-0.2, 0) is 10.0 Å². The highest BCUT2D eigenvalue weighted by Gasteiger charge is 2.25. The molecule has 0 N–H and O–H groups in total. The van der Waals surface area contributed by atoms with E-state index in [1.54, 1.807) is 12.1 Å². The lowest BCUT2D eigenvalue weighted by molar-refractivity contribution is 0.594. The molecule has 0 bridgehead atoms. The van der Waals surface area contributed by atoms with Gasteiger partial charge >= 0.3 is 0 Å². The Kier molecular flexibility index (Phi) is 4.32. The third-order valence-electron chi connectivity index (χ3n) is 2.76. The molecule has 0 amide bonds. The zero-order valence-corrected chi connectivity index (χ0v) is 13.8. The highest BCUT2D eigenvalue weighted by atomic mass is 79.9. The summed E-state index contributed by atoms with van der Waals surface area (Å²) in [6, 6.07) is 10.9. The van der Waals surface area contributed by atoms with Crippen molar-refractivity contribution in [2.24, 2.45) is 0 Å². The normalized spacial score (nSPS) is 11.5. The van der Waals surface area contributed by atoms with Crippen molar-refractivity contribution < 1.29 is 8.42 Å². The summed E-state index contributed by atoms with van der Waals surface area (Å²) < 4.78 is 27.9. The van der Waals surface area contributed by atoms with Gasteiger partial charge in [0.25, 0.3) is 10.0 Å². The van der Waals surface area contributed by atoms with E-state index in [2.05, 4.69) is 15.9 Å². The predicted octanol–water partition coefficient (Wildman–Crippen LogP) is 4.03. The zero-order valence-electron chi connectivity index (χ0n) is 10.6. The predicted molar refractivity (Wildman–Crippen MR) is 83.4 cm³/mol. The second kappa shape index (κ2) is 5.64. The van der Waals surface area contributed by atoms with Crippen LogP contribution in [0.15, 0.2) is 44.4 Å². The van der Waals surface area contributed by atoms with E-state index in [1.165, 1.54) is 15.6 Å². The molecular formula is C13H14BrNO2S2. The second-order valence-corrected chi connectivity index (χ2v) is 8.57. The Hall–Kier alpha value is -0.850. The lowest BCUT2D eigenvalue weighted by Crippen LogP contribution is -2.30. The van der Waals surface area contributed by atoms with E-state index >= 15 is 0 Å². The van der Waals surface area contributed by atoms with E-state index in [1.807, 2.05) is 38.1 Å². The van der Waals surface area contributed by atoms with Crippen LogP contribution in [0.1, 0.15) is 12.5 Å². The average molecular weight is 360 g/mol. The molecule has 6 heteroatoms. The summed E-state index contributed by atoms with van der Waals surface area (Å²) in [7, 11) is -3.48. The van der Waals surface area contributed by atoms with Crippen molar-refractivity contribution in [2.75, 3.05) is 10.8 Å². The minimum Gasteiger partial charge on any atom is -0.266 e. The van der Waals surface area contributed by atoms with Crippen molar-refractivity contribution >= 4 is 43.0 Å². The molecule has 0 unspecified atom stereocenters. The molecule has 102 valence electrons. The third kappa shape index (κ3) is 2.85. The summed E-state index contributed by atoms with van der Waals surface area (Å²) in [5.74, 6) is 0. The molecule has 1 aromatic heterocycles. The quantitative estimate of drug-likeness (QED) is 0.825. The summed E-state index contributed by atoms with van der Waals surface area (Å²) in [4.78, 5) is 0. The summed E-state index contributed by atoms with van der Waals surface area (Å²) >= 11 is 4.53. The van der Waals surface area contributed by atoms with Crippen LogP contribution in [0.25, 0.3) is 0 Å². The van der Waals surface area contributed by atoms with Gasteiger partial charge in [0.05, 0.1) is 9.47 Å². The van der Waals surface area contributed by atoms with Crippen LogP contribution in [0.2, 0.25) is 0 Å². The van der Waals surface area contributed by atoms with E-state index in [9.17, 15) is 8.42 Å². The Morgan fingerprint density at radius 2 is 1.89 bits per heavy atom. The monoisotopic (exact) mass is 359 g/mol. The molecule has 0 spiro atoms. The van der Waals surface area contributed by atoms with Crippen molar-refractivity contribution in [3.63, 3.8) is 0 Å². The van der Waals surface area contributed by atoms with E-state index in [-0.39, 0.29) is 0 Å². The van der Waals surface area contributed by atoms with Crippen molar-refractivity contribution in [3.8, 4) is 0 Å². The van der Waals surface area contributed by atoms with Gasteiger partial charge in [-0.15, -0.1) is 11.3 Å². The first-order valence-electron chi connectivity index (χ1n) is 5.80. The maximum absolute atomic E-state index is 12.6. The Balaban J connectivity index is 2.51. The summed E-state index contributed by atoms with van der Waals surface area (Å²) in [6.45, 7) is 4.16. The average Bonchev–Trinajstić information content (AvgIpc) is 2.80. The first-order valence-corrected chi connectivity index (χ1v) is 8.85. The number of halogens is 1. The smallest absolute Gasteiger partial charge is 0.266 e. The molecule has 0 fully saturated rings. The van der Waals surface area contributed by atoms with E-state index < -0.39 is 10.0 Å². The highest BCUT2D eigenvalue weighted by molar-refractivity contribution is 9.11. The van der Waals surface area contributed by atoms with E-state index in [4.69, 9.17) is 0 Å². The molecule has 0 saturated carbocycles. The van der Waals surface area contributed by atoms with Crippen LogP contribution in [-0.4, -0.2) is 15.0 Å². The van der Waals surface area contributed by atoms with Crippen LogP contribution in [0.4, 0.5) is 5.69 Å². The number of aryl methyl sites for hydroxylation is 1. The number of rotatable bonds is 4. The molecular weight excluding hydrogens is 346 g/mol. The fourth-order valence-corrected chi connectivity index (χ4v) is 5.52. The largest absolute Gasteiger partial charge is 0.273 e. The number of nitrogens with zero attached hydrogens (tertiary/aromatic N) is 1. The third-order valence-corrected chi connectivity index (χ3v) is 6.74. The molecule has 0 aliphatic carbocycles. The first kappa shape index (κ1) is 14.6. The van der Waals surface area contributed by atoms with E-state index in [0.717, 1.165) is 15.0 Å². The maximum atomic E-state index is 12.6. The van der Waals surface area contributed by atoms with Crippen molar-refractivity contribution in [1.82, 2.24) is 0 Å². The minimum absolute atomic E-state index is 0.351. The van der Waals surface area contributed by atoms with Gasteiger partial charge in [0, 0.05) is 6.54 Å². The summed E-state index contributed by atoms with van der Waals surface area (Å²) in [6.07, 6.45) is 0. The maximum Gasteiger partial charge on any atom is 0.273 e. The Labute approximate surface area is 126 Å². The van der Waals surface area contributed by atoms with Crippen LogP contribution in [0.3, 0.4) is 0 Å². The van der Waals surface area contributed by atoms with Gasteiger partial charge in [-0.2, -0.15) is 0 Å². The Bertz CT molecular complexity index is 679. The number of para-hydroxylation sites is 1. The molecule has 0 saturated heterocycles. The van der Waals surface area contributed by atoms with Crippen LogP contribution < -0.4 is 4.31 Å². The second-order valence-electron chi connectivity index (χ2n) is 4.01. The first-order chi connectivity index (χ1) is 8.96. The molecule has 0 aliphatic heterocycles. The highest BCUT2D eigenvalue weighted by Crippen LogP contribution is 2.32. The van der Waals surface area contributed by atoms with Crippen molar-refractivity contribution in [1.29, 1.82) is 0 Å². The number of hydrogen-bond donors (Lipinski definition) is 0. The number of benzene rings is 1. The zero-order chi connectivity index (χ0) is 14.0. The summed E-state index contributed by atoms with van der Waals surface area (Å²) in [5.41, 5.74) is 1.68. The fraction of sp³-hybridized carbons (Fsp3) is 0.231. The van der Waals surface area contributed by atoms with Gasteiger partial charge in [-0.25, -0.2) is 8.42 Å². The molecule has 19 heavy (non-hydrogen) atoms. The SMILES string of the molecule is CCN(c1ccccc1C)S(=O)(=O)c1ccc(Br)s1.